The maximum atomic E-state index is 13.6. The van der Waals surface area contributed by atoms with Gasteiger partial charge in [0.1, 0.15) is 18.5 Å². The van der Waals surface area contributed by atoms with Crippen LogP contribution in [0.2, 0.25) is 0 Å². The molecule has 2 aliphatic carbocycles. The molecule has 0 unspecified atom stereocenters. The van der Waals surface area contributed by atoms with Gasteiger partial charge in [0.15, 0.2) is 11.5 Å². The first-order valence-corrected chi connectivity index (χ1v) is 13.3. The standard InChI is InChI=1S/C28H38N2O8/c1-16(2)37-11-5-9-30(28(35)18-6-4-7-18)21-14-20(27(34)29-8-10-31)23-19-12-17(15-32)13-22(36-3)25(19)38-26(23)24(21)33/h12-16,18,21,23-24,26,31,33H,4-11H2,1-3H3,(H,29,34)/t21-,23+,24+,26+/m1/s1. The maximum Gasteiger partial charge on any atom is 0.247 e. The van der Waals surface area contributed by atoms with E-state index in [1.165, 1.54) is 7.11 Å². The topological polar surface area (TPSA) is 135 Å². The molecule has 0 saturated heterocycles. The lowest BCUT2D eigenvalue weighted by molar-refractivity contribution is -0.144. The van der Waals surface area contributed by atoms with Gasteiger partial charge in [0.25, 0.3) is 0 Å². The van der Waals surface area contributed by atoms with Crippen molar-refractivity contribution in [2.24, 2.45) is 5.92 Å². The second kappa shape index (κ2) is 12.3. The van der Waals surface area contributed by atoms with Crippen LogP contribution >= 0.6 is 0 Å². The Hall–Kier alpha value is -2.95. The van der Waals surface area contributed by atoms with Crippen LogP contribution in [0, 0.1) is 5.92 Å². The Morgan fingerprint density at radius 1 is 1.29 bits per heavy atom. The molecule has 0 aromatic heterocycles. The van der Waals surface area contributed by atoms with E-state index in [-0.39, 0.29) is 31.1 Å². The quantitative estimate of drug-likeness (QED) is 0.274. The van der Waals surface area contributed by atoms with Crippen molar-refractivity contribution in [2.75, 3.05) is 33.4 Å². The number of nitrogens with zero attached hydrogens (tertiary/aromatic N) is 1. The lowest BCUT2D eigenvalue weighted by Gasteiger charge is -2.42. The summed E-state index contributed by atoms with van der Waals surface area (Å²) >= 11 is 0. The summed E-state index contributed by atoms with van der Waals surface area (Å²) in [5.41, 5.74) is 1.22. The summed E-state index contributed by atoms with van der Waals surface area (Å²) < 4.78 is 17.4. The normalized spacial score (nSPS) is 24.0. The number of amides is 2. The molecule has 10 heteroatoms. The summed E-state index contributed by atoms with van der Waals surface area (Å²) in [7, 11) is 1.46. The van der Waals surface area contributed by atoms with Crippen molar-refractivity contribution in [3.05, 3.63) is 34.9 Å². The summed E-state index contributed by atoms with van der Waals surface area (Å²) in [5, 5.41) is 23.6. The summed E-state index contributed by atoms with van der Waals surface area (Å²) in [6, 6.07) is 2.38. The van der Waals surface area contributed by atoms with Crippen LogP contribution in [-0.4, -0.2) is 91.0 Å². The summed E-state index contributed by atoms with van der Waals surface area (Å²) in [6.07, 6.45) is 3.54. The third-order valence-electron chi connectivity index (χ3n) is 7.50. The van der Waals surface area contributed by atoms with E-state index in [1.807, 2.05) is 13.8 Å². The number of carbonyl (C=O) groups excluding carboxylic acids is 3. The average Bonchev–Trinajstić information content (AvgIpc) is 3.26. The van der Waals surface area contributed by atoms with Crippen LogP contribution in [0.4, 0.5) is 0 Å². The van der Waals surface area contributed by atoms with Gasteiger partial charge < -0.3 is 34.6 Å². The first-order chi connectivity index (χ1) is 18.3. The van der Waals surface area contributed by atoms with Crippen molar-refractivity contribution in [1.82, 2.24) is 10.2 Å². The first kappa shape index (κ1) is 28.1. The Bertz CT molecular complexity index is 1070. The number of carbonyl (C=O) groups is 3. The molecule has 0 spiro atoms. The minimum absolute atomic E-state index is 0.0451. The highest BCUT2D eigenvalue weighted by Crippen LogP contribution is 2.51. The van der Waals surface area contributed by atoms with Gasteiger partial charge in [-0.05, 0) is 51.3 Å². The van der Waals surface area contributed by atoms with E-state index in [4.69, 9.17) is 14.2 Å². The molecule has 1 fully saturated rings. The molecule has 0 bridgehead atoms. The number of aliphatic hydroxyl groups is 2. The van der Waals surface area contributed by atoms with Crippen molar-refractivity contribution >= 4 is 18.1 Å². The number of rotatable bonds is 12. The highest BCUT2D eigenvalue weighted by atomic mass is 16.5. The number of ether oxygens (including phenoxy) is 3. The van der Waals surface area contributed by atoms with E-state index in [9.17, 15) is 24.6 Å². The van der Waals surface area contributed by atoms with E-state index in [0.717, 1.165) is 19.3 Å². The summed E-state index contributed by atoms with van der Waals surface area (Å²) in [6.45, 7) is 4.52. The predicted molar refractivity (Wildman–Crippen MR) is 138 cm³/mol. The number of hydrogen-bond donors (Lipinski definition) is 3. The molecular formula is C28H38N2O8. The Morgan fingerprint density at radius 2 is 2.05 bits per heavy atom. The first-order valence-electron chi connectivity index (χ1n) is 13.3. The van der Waals surface area contributed by atoms with Crippen LogP contribution in [0.5, 0.6) is 11.5 Å². The number of aliphatic hydroxyl groups excluding tert-OH is 2. The van der Waals surface area contributed by atoms with E-state index < -0.39 is 30.1 Å². The van der Waals surface area contributed by atoms with Crippen LogP contribution in [-0.2, 0) is 14.3 Å². The maximum absolute atomic E-state index is 13.6. The summed E-state index contributed by atoms with van der Waals surface area (Å²) in [5.74, 6) is -0.596. The molecule has 1 aromatic rings. The Morgan fingerprint density at radius 3 is 2.66 bits per heavy atom. The minimum Gasteiger partial charge on any atom is -0.493 e. The van der Waals surface area contributed by atoms with Gasteiger partial charge in [-0.2, -0.15) is 0 Å². The number of benzene rings is 1. The lowest BCUT2D eigenvalue weighted by atomic mass is 9.76. The molecule has 3 aliphatic rings. The predicted octanol–water partition coefficient (Wildman–Crippen LogP) is 1.57. The zero-order chi connectivity index (χ0) is 27.4. The number of fused-ring (bicyclic) bond motifs is 3. The Kier molecular flexibility index (Phi) is 9.07. The smallest absolute Gasteiger partial charge is 0.247 e. The van der Waals surface area contributed by atoms with E-state index >= 15 is 0 Å². The van der Waals surface area contributed by atoms with Crippen molar-refractivity contribution in [3.63, 3.8) is 0 Å². The van der Waals surface area contributed by atoms with Crippen LogP contribution in [0.1, 0.15) is 61.4 Å². The fourth-order valence-electron chi connectivity index (χ4n) is 5.41. The number of methoxy groups -OCH3 is 1. The fourth-order valence-corrected chi connectivity index (χ4v) is 5.41. The van der Waals surface area contributed by atoms with Gasteiger partial charge in [0.2, 0.25) is 11.8 Å². The lowest BCUT2D eigenvalue weighted by Crippen LogP contribution is -2.57. The van der Waals surface area contributed by atoms with Crippen molar-refractivity contribution in [1.29, 1.82) is 0 Å². The van der Waals surface area contributed by atoms with Crippen molar-refractivity contribution in [2.45, 2.75) is 69.8 Å². The SMILES string of the molecule is COc1cc(C=O)cc2c1O[C@@H]1[C@@H](O)[C@H](N(CCCOC(C)C)C(=O)C3CCC3)C=C(C(=O)NCCO)[C@H]21. The molecule has 4 atom stereocenters. The van der Waals surface area contributed by atoms with E-state index in [1.54, 1.807) is 23.1 Å². The zero-order valence-corrected chi connectivity index (χ0v) is 22.2. The van der Waals surface area contributed by atoms with Crippen LogP contribution < -0.4 is 14.8 Å². The molecule has 38 heavy (non-hydrogen) atoms. The number of hydrogen-bond acceptors (Lipinski definition) is 8. The highest BCUT2D eigenvalue weighted by molar-refractivity contribution is 5.96. The molecular weight excluding hydrogens is 492 g/mol. The van der Waals surface area contributed by atoms with Gasteiger partial charge in [-0.1, -0.05) is 6.42 Å². The fraction of sp³-hybridized carbons (Fsp3) is 0.607. The van der Waals surface area contributed by atoms with Crippen molar-refractivity contribution < 1.29 is 38.8 Å². The van der Waals surface area contributed by atoms with E-state index in [0.29, 0.717) is 54.1 Å². The van der Waals surface area contributed by atoms with Gasteiger partial charge in [-0.3, -0.25) is 14.4 Å². The average molecular weight is 531 g/mol. The third kappa shape index (κ3) is 5.57. The summed E-state index contributed by atoms with van der Waals surface area (Å²) in [4.78, 5) is 40.2. The van der Waals surface area contributed by atoms with Gasteiger partial charge >= 0.3 is 0 Å². The minimum atomic E-state index is -1.14. The zero-order valence-electron chi connectivity index (χ0n) is 22.2. The molecule has 208 valence electrons. The molecule has 4 rings (SSSR count). The number of aldehydes is 1. The molecule has 0 radical (unpaired) electrons. The molecule has 3 N–H and O–H groups in total. The van der Waals surface area contributed by atoms with Gasteiger partial charge in [0.05, 0.1) is 31.8 Å². The van der Waals surface area contributed by atoms with Gasteiger partial charge in [0, 0.05) is 42.3 Å². The van der Waals surface area contributed by atoms with Crippen LogP contribution in [0.15, 0.2) is 23.8 Å². The van der Waals surface area contributed by atoms with Gasteiger partial charge in [-0.15, -0.1) is 0 Å². The molecule has 10 nitrogen and oxygen atoms in total. The third-order valence-corrected chi connectivity index (χ3v) is 7.50. The molecule has 1 aromatic carbocycles. The Balaban J connectivity index is 1.73. The van der Waals surface area contributed by atoms with E-state index in [2.05, 4.69) is 5.32 Å². The second-order valence-corrected chi connectivity index (χ2v) is 10.3. The van der Waals surface area contributed by atoms with Crippen LogP contribution in [0.25, 0.3) is 0 Å². The van der Waals surface area contributed by atoms with Gasteiger partial charge in [-0.25, -0.2) is 0 Å². The highest BCUT2D eigenvalue weighted by Gasteiger charge is 2.52. The largest absolute Gasteiger partial charge is 0.493 e. The Labute approximate surface area is 222 Å². The molecule has 1 saturated carbocycles. The number of nitrogens with one attached hydrogen (secondary N) is 1. The molecule has 1 aliphatic heterocycles. The molecule has 1 heterocycles. The molecule has 2 amide bonds. The second-order valence-electron chi connectivity index (χ2n) is 10.3. The monoisotopic (exact) mass is 530 g/mol. The van der Waals surface area contributed by atoms with Crippen molar-refractivity contribution in [3.8, 4) is 11.5 Å². The van der Waals surface area contributed by atoms with Crippen LogP contribution in [0.3, 0.4) is 0 Å².